The largest absolute Gasteiger partial charge is 0.493 e. The molecule has 1 N–H and O–H groups in total. The third-order valence-electron chi connectivity index (χ3n) is 2.42. The van der Waals surface area contributed by atoms with E-state index in [0.29, 0.717) is 23.7 Å². The number of aliphatic carboxylic acids is 1. The van der Waals surface area contributed by atoms with Crippen molar-refractivity contribution in [2.45, 2.75) is 0 Å². The van der Waals surface area contributed by atoms with Crippen molar-refractivity contribution in [3.63, 3.8) is 0 Å². The Kier molecular flexibility index (Phi) is 5.89. The lowest BCUT2D eigenvalue weighted by atomic mass is 10.1. The summed E-state index contributed by atoms with van der Waals surface area (Å²) < 4.78 is 10.9. The Balaban J connectivity index is 2.92. The molecule has 0 aromatic heterocycles. The fourth-order valence-electron chi connectivity index (χ4n) is 1.47. The van der Waals surface area contributed by atoms with Crippen molar-refractivity contribution in [3.8, 4) is 11.5 Å². The van der Waals surface area contributed by atoms with Crippen molar-refractivity contribution < 1.29 is 19.4 Å². The van der Waals surface area contributed by atoms with Gasteiger partial charge >= 0.3 is 5.97 Å². The normalized spacial score (nSPS) is 10.9. The minimum Gasteiger partial charge on any atom is -0.493 e. The molecule has 0 bridgehead atoms. The van der Waals surface area contributed by atoms with Gasteiger partial charge in [0.15, 0.2) is 11.5 Å². The smallest absolute Gasteiger partial charge is 0.328 e. The van der Waals surface area contributed by atoms with Crippen LogP contribution in [0.4, 0.5) is 0 Å². The lowest BCUT2D eigenvalue weighted by Crippen LogP contribution is -2.19. The van der Waals surface area contributed by atoms with E-state index < -0.39 is 5.97 Å². The SMILES string of the molecule is COc1cccc(/C=C/C(=O)O)c1OCCN(C)C. The molecule has 5 heteroatoms. The van der Waals surface area contributed by atoms with Gasteiger partial charge in [-0.15, -0.1) is 0 Å². The molecule has 0 amide bonds. The zero-order valence-corrected chi connectivity index (χ0v) is 11.4. The van der Waals surface area contributed by atoms with Crippen LogP contribution in [0.25, 0.3) is 6.08 Å². The summed E-state index contributed by atoms with van der Waals surface area (Å²) in [6, 6.07) is 5.36. The molecular weight excluding hydrogens is 246 g/mol. The number of methoxy groups -OCH3 is 1. The number of likely N-dealkylation sites (N-methyl/N-ethyl adjacent to an activating group) is 1. The molecule has 1 rings (SSSR count). The van der Waals surface area contributed by atoms with Crippen LogP contribution in [0, 0.1) is 0 Å². The van der Waals surface area contributed by atoms with Gasteiger partial charge in [-0.1, -0.05) is 12.1 Å². The molecule has 104 valence electrons. The third kappa shape index (κ3) is 5.01. The molecule has 1 aromatic rings. The number of nitrogens with zero attached hydrogens (tertiary/aromatic N) is 1. The van der Waals surface area contributed by atoms with Gasteiger partial charge in [0.05, 0.1) is 7.11 Å². The molecular formula is C14H19NO4. The lowest BCUT2D eigenvalue weighted by Gasteiger charge is -2.15. The molecule has 0 aliphatic carbocycles. The van der Waals surface area contributed by atoms with Crippen LogP contribution >= 0.6 is 0 Å². The van der Waals surface area contributed by atoms with Crippen LogP contribution < -0.4 is 9.47 Å². The Morgan fingerprint density at radius 3 is 2.74 bits per heavy atom. The van der Waals surface area contributed by atoms with E-state index in [-0.39, 0.29) is 0 Å². The summed E-state index contributed by atoms with van der Waals surface area (Å²) in [5.41, 5.74) is 0.681. The second kappa shape index (κ2) is 7.43. The van der Waals surface area contributed by atoms with Crippen LogP contribution in [0.3, 0.4) is 0 Å². The highest BCUT2D eigenvalue weighted by molar-refractivity contribution is 5.86. The Hall–Kier alpha value is -2.01. The van der Waals surface area contributed by atoms with Crippen molar-refractivity contribution in [2.24, 2.45) is 0 Å². The number of hydrogen-bond donors (Lipinski definition) is 1. The van der Waals surface area contributed by atoms with Crippen LogP contribution in [-0.2, 0) is 4.79 Å². The van der Waals surface area contributed by atoms with Crippen molar-refractivity contribution in [3.05, 3.63) is 29.8 Å². The minimum atomic E-state index is -0.998. The van der Waals surface area contributed by atoms with Gasteiger partial charge in [-0.3, -0.25) is 0 Å². The van der Waals surface area contributed by atoms with Gasteiger partial charge in [0.1, 0.15) is 6.61 Å². The van der Waals surface area contributed by atoms with Gasteiger partial charge in [0.25, 0.3) is 0 Å². The molecule has 0 unspecified atom stereocenters. The van der Waals surface area contributed by atoms with E-state index >= 15 is 0 Å². The lowest BCUT2D eigenvalue weighted by molar-refractivity contribution is -0.131. The van der Waals surface area contributed by atoms with Gasteiger partial charge in [0, 0.05) is 18.2 Å². The summed E-state index contributed by atoms with van der Waals surface area (Å²) in [7, 11) is 5.46. The van der Waals surface area contributed by atoms with Gasteiger partial charge in [-0.2, -0.15) is 0 Å². The van der Waals surface area contributed by atoms with Crippen LogP contribution in [0.2, 0.25) is 0 Å². The average molecular weight is 265 g/mol. The van der Waals surface area contributed by atoms with E-state index in [2.05, 4.69) is 0 Å². The molecule has 0 heterocycles. The highest BCUT2D eigenvalue weighted by Gasteiger charge is 2.09. The number of benzene rings is 1. The molecule has 19 heavy (non-hydrogen) atoms. The van der Waals surface area contributed by atoms with Crippen molar-refractivity contribution in [1.29, 1.82) is 0 Å². The molecule has 0 atom stereocenters. The molecule has 0 fully saturated rings. The van der Waals surface area contributed by atoms with E-state index in [1.807, 2.05) is 19.0 Å². The molecule has 0 radical (unpaired) electrons. The summed E-state index contributed by atoms with van der Waals surface area (Å²) in [6.45, 7) is 1.27. The molecule has 0 aliphatic heterocycles. The number of rotatable bonds is 7. The molecule has 0 aliphatic rings. The first-order valence-corrected chi connectivity index (χ1v) is 5.90. The van der Waals surface area contributed by atoms with Crippen LogP contribution in [-0.4, -0.2) is 50.3 Å². The average Bonchev–Trinajstić information content (AvgIpc) is 2.36. The number of carbonyl (C=O) groups is 1. The van der Waals surface area contributed by atoms with E-state index in [1.165, 1.54) is 6.08 Å². The maximum Gasteiger partial charge on any atom is 0.328 e. The number of hydrogen-bond acceptors (Lipinski definition) is 4. The van der Waals surface area contributed by atoms with Crippen LogP contribution in [0.5, 0.6) is 11.5 Å². The summed E-state index contributed by atoms with van der Waals surface area (Å²) in [4.78, 5) is 12.6. The maximum absolute atomic E-state index is 10.6. The minimum absolute atomic E-state index is 0.501. The second-order valence-electron chi connectivity index (χ2n) is 4.20. The highest BCUT2D eigenvalue weighted by atomic mass is 16.5. The topological polar surface area (TPSA) is 59.0 Å². The van der Waals surface area contributed by atoms with Crippen molar-refractivity contribution in [2.75, 3.05) is 34.4 Å². The number of carboxylic acids is 1. The predicted octanol–water partition coefficient (Wildman–Crippen LogP) is 1.73. The summed E-state index contributed by atoms with van der Waals surface area (Å²) in [5, 5.41) is 8.68. The zero-order valence-electron chi connectivity index (χ0n) is 11.4. The number of ether oxygens (including phenoxy) is 2. The molecule has 0 saturated heterocycles. The van der Waals surface area contributed by atoms with Crippen LogP contribution in [0.1, 0.15) is 5.56 Å². The van der Waals surface area contributed by atoms with Crippen molar-refractivity contribution >= 4 is 12.0 Å². The van der Waals surface area contributed by atoms with Crippen molar-refractivity contribution in [1.82, 2.24) is 4.90 Å². The third-order valence-corrected chi connectivity index (χ3v) is 2.42. The second-order valence-corrected chi connectivity index (χ2v) is 4.20. The van der Waals surface area contributed by atoms with Gasteiger partial charge in [-0.05, 0) is 26.2 Å². The van der Waals surface area contributed by atoms with E-state index in [1.54, 1.807) is 25.3 Å². The molecule has 5 nitrogen and oxygen atoms in total. The Morgan fingerprint density at radius 1 is 1.42 bits per heavy atom. The quantitative estimate of drug-likeness (QED) is 0.761. The van der Waals surface area contributed by atoms with Gasteiger partial charge in [-0.25, -0.2) is 4.79 Å². The first-order valence-electron chi connectivity index (χ1n) is 5.90. The predicted molar refractivity (Wildman–Crippen MR) is 73.7 cm³/mol. The fourth-order valence-corrected chi connectivity index (χ4v) is 1.47. The molecule has 1 aromatic carbocycles. The summed E-state index contributed by atoms with van der Waals surface area (Å²) in [6.07, 6.45) is 2.57. The fraction of sp³-hybridized carbons (Fsp3) is 0.357. The van der Waals surface area contributed by atoms with Gasteiger partial charge < -0.3 is 19.5 Å². The van der Waals surface area contributed by atoms with E-state index in [4.69, 9.17) is 14.6 Å². The maximum atomic E-state index is 10.6. The highest BCUT2D eigenvalue weighted by Crippen LogP contribution is 2.31. The molecule has 0 spiro atoms. The first kappa shape index (κ1) is 15.0. The van der Waals surface area contributed by atoms with E-state index in [0.717, 1.165) is 12.6 Å². The summed E-state index contributed by atoms with van der Waals surface area (Å²) >= 11 is 0. The Labute approximate surface area is 113 Å². The molecule has 0 saturated carbocycles. The first-order chi connectivity index (χ1) is 9.04. The Bertz CT molecular complexity index is 455. The standard InChI is InChI=1S/C14H19NO4/c1-15(2)9-10-19-14-11(7-8-13(16)17)5-4-6-12(14)18-3/h4-8H,9-10H2,1-3H3,(H,16,17)/b8-7+. The monoisotopic (exact) mass is 265 g/mol. The summed E-state index contributed by atoms with van der Waals surface area (Å²) in [5.74, 6) is 0.151. The van der Waals surface area contributed by atoms with E-state index in [9.17, 15) is 4.79 Å². The number of carboxylic acid groups (broad SMARTS) is 1. The van der Waals surface area contributed by atoms with Crippen LogP contribution in [0.15, 0.2) is 24.3 Å². The Morgan fingerprint density at radius 2 is 2.16 bits per heavy atom. The van der Waals surface area contributed by atoms with Gasteiger partial charge in [0.2, 0.25) is 0 Å². The number of para-hydroxylation sites is 1. The zero-order chi connectivity index (χ0) is 14.3.